The van der Waals surface area contributed by atoms with Gasteiger partial charge in [-0.25, -0.2) is 4.79 Å². The molecule has 1 fully saturated rings. The summed E-state index contributed by atoms with van der Waals surface area (Å²) in [6.45, 7) is 1.41. The number of ether oxygens (including phenoxy) is 1. The van der Waals surface area contributed by atoms with E-state index in [1.54, 1.807) is 0 Å². The lowest BCUT2D eigenvalue weighted by Crippen LogP contribution is -2.35. The maximum atomic E-state index is 11.8. The highest BCUT2D eigenvalue weighted by molar-refractivity contribution is 5.89. The fourth-order valence-electron chi connectivity index (χ4n) is 2.84. The second-order valence-corrected chi connectivity index (χ2v) is 5.31. The molecule has 2 aliphatic rings. The van der Waals surface area contributed by atoms with E-state index in [0.717, 1.165) is 31.6 Å². The molecule has 3 rings (SSSR count). The van der Waals surface area contributed by atoms with Crippen molar-refractivity contribution in [2.24, 2.45) is 0 Å². The van der Waals surface area contributed by atoms with Crippen molar-refractivity contribution in [2.75, 3.05) is 18.5 Å². The van der Waals surface area contributed by atoms with Gasteiger partial charge in [0.05, 0.1) is 6.10 Å². The van der Waals surface area contributed by atoms with Crippen molar-refractivity contribution in [2.45, 2.75) is 38.2 Å². The molecule has 0 saturated carbocycles. The number of anilines is 1. The summed E-state index contributed by atoms with van der Waals surface area (Å²) in [6.07, 6.45) is 5.84. The summed E-state index contributed by atoms with van der Waals surface area (Å²) < 4.78 is 5.47. The molecule has 102 valence electrons. The Balaban J connectivity index is 1.51. The van der Waals surface area contributed by atoms with Crippen LogP contribution in [0.15, 0.2) is 18.2 Å². The molecular weight excluding hydrogens is 240 g/mol. The van der Waals surface area contributed by atoms with Crippen LogP contribution < -0.4 is 10.6 Å². The Labute approximate surface area is 113 Å². The first-order valence-electron chi connectivity index (χ1n) is 7.09. The molecule has 19 heavy (non-hydrogen) atoms. The van der Waals surface area contributed by atoms with Gasteiger partial charge in [0.2, 0.25) is 0 Å². The highest BCUT2D eigenvalue weighted by Crippen LogP contribution is 2.24. The summed E-state index contributed by atoms with van der Waals surface area (Å²) in [5, 5.41) is 5.76. The normalized spacial score (nSPS) is 21.2. The molecule has 1 aliphatic carbocycles. The van der Waals surface area contributed by atoms with Crippen molar-refractivity contribution in [3.05, 3.63) is 29.3 Å². The number of rotatable bonds is 3. The van der Waals surface area contributed by atoms with Gasteiger partial charge in [0.1, 0.15) is 0 Å². The Morgan fingerprint density at radius 1 is 1.26 bits per heavy atom. The topological polar surface area (TPSA) is 50.4 Å². The van der Waals surface area contributed by atoms with E-state index in [9.17, 15) is 4.79 Å². The molecule has 1 aromatic carbocycles. The number of carbonyl (C=O) groups excluding carboxylic acids is 1. The molecule has 4 heteroatoms. The average molecular weight is 260 g/mol. The molecule has 0 spiro atoms. The van der Waals surface area contributed by atoms with Crippen molar-refractivity contribution in [3.63, 3.8) is 0 Å². The quantitative estimate of drug-likeness (QED) is 0.877. The molecule has 2 amide bonds. The first-order chi connectivity index (χ1) is 9.31. The molecule has 1 saturated heterocycles. The molecule has 1 aliphatic heterocycles. The molecule has 0 bridgehead atoms. The predicted octanol–water partition coefficient (Wildman–Crippen LogP) is 2.48. The molecule has 0 radical (unpaired) electrons. The van der Waals surface area contributed by atoms with Crippen LogP contribution in [0, 0.1) is 0 Å². The van der Waals surface area contributed by atoms with Crippen LogP contribution >= 0.6 is 0 Å². The molecule has 1 atom stereocenters. The van der Waals surface area contributed by atoms with E-state index in [1.807, 2.05) is 6.07 Å². The minimum atomic E-state index is -0.145. The first kappa shape index (κ1) is 12.5. The van der Waals surface area contributed by atoms with Gasteiger partial charge in [-0.2, -0.15) is 0 Å². The molecule has 2 N–H and O–H groups in total. The number of carbonyl (C=O) groups is 1. The Bertz CT molecular complexity index is 467. The van der Waals surface area contributed by atoms with Crippen LogP contribution in [0.3, 0.4) is 0 Å². The SMILES string of the molecule is O=C(NCC1CCCO1)Nc1ccc2c(c1)CCC2. The minimum absolute atomic E-state index is 0.145. The molecular formula is C15H20N2O2. The van der Waals surface area contributed by atoms with E-state index in [0.29, 0.717) is 6.54 Å². The van der Waals surface area contributed by atoms with Crippen molar-refractivity contribution in [3.8, 4) is 0 Å². The van der Waals surface area contributed by atoms with Crippen molar-refractivity contribution >= 4 is 11.7 Å². The number of nitrogens with one attached hydrogen (secondary N) is 2. The number of benzene rings is 1. The fraction of sp³-hybridized carbons (Fsp3) is 0.533. The van der Waals surface area contributed by atoms with Gasteiger partial charge in [-0.1, -0.05) is 6.07 Å². The van der Waals surface area contributed by atoms with E-state index < -0.39 is 0 Å². The van der Waals surface area contributed by atoms with Gasteiger partial charge in [0.25, 0.3) is 0 Å². The van der Waals surface area contributed by atoms with E-state index in [4.69, 9.17) is 4.74 Å². The smallest absolute Gasteiger partial charge is 0.319 e. The van der Waals surface area contributed by atoms with Gasteiger partial charge in [-0.05, 0) is 55.4 Å². The summed E-state index contributed by atoms with van der Waals surface area (Å²) in [7, 11) is 0. The van der Waals surface area contributed by atoms with Crippen molar-refractivity contribution < 1.29 is 9.53 Å². The van der Waals surface area contributed by atoms with Gasteiger partial charge >= 0.3 is 6.03 Å². The number of hydrogen-bond donors (Lipinski definition) is 2. The second-order valence-electron chi connectivity index (χ2n) is 5.31. The molecule has 1 heterocycles. The molecule has 1 unspecified atom stereocenters. The molecule has 0 aromatic heterocycles. The number of hydrogen-bond acceptors (Lipinski definition) is 2. The fourth-order valence-corrected chi connectivity index (χ4v) is 2.84. The Morgan fingerprint density at radius 2 is 2.16 bits per heavy atom. The van der Waals surface area contributed by atoms with E-state index in [1.165, 1.54) is 24.0 Å². The maximum absolute atomic E-state index is 11.8. The van der Waals surface area contributed by atoms with Gasteiger partial charge in [-0.15, -0.1) is 0 Å². The van der Waals surface area contributed by atoms with Crippen LogP contribution in [0.25, 0.3) is 0 Å². The van der Waals surface area contributed by atoms with Crippen LogP contribution in [-0.4, -0.2) is 25.3 Å². The van der Waals surface area contributed by atoms with Crippen LogP contribution in [0.1, 0.15) is 30.4 Å². The van der Waals surface area contributed by atoms with Gasteiger partial charge < -0.3 is 15.4 Å². The highest BCUT2D eigenvalue weighted by atomic mass is 16.5. The van der Waals surface area contributed by atoms with Gasteiger partial charge in [0.15, 0.2) is 0 Å². The summed E-state index contributed by atoms with van der Waals surface area (Å²) in [4.78, 5) is 11.8. The third-order valence-electron chi connectivity index (χ3n) is 3.87. The third-order valence-corrected chi connectivity index (χ3v) is 3.87. The average Bonchev–Trinajstić information content (AvgIpc) is 3.07. The summed E-state index contributed by atoms with van der Waals surface area (Å²) in [5.74, 6) is 0. The standard InChI is InChI=1S/C15H20N2O2/c18-15(16-10-14-5-2-8-19-14)17-13-7-6-11-3-1-4-12(11)9-13/h6-7,9,14H,1-5,8,10H2,(H2,16,17,18). The van der Waals surface area contributed by atoms with E-state index >= 15 is 0 Å². The van der Waals surface area contributed by atoms with Crippen LogP contribution in [0.5, 0.6) is 0 Å². The number of amides is 2. The summed E-state index contributed by atoms with van der Waals surface area (Å²) in [5.41, 5.74) is 3.67. The zero-order chi connectivity index (χ0) is 13.1. The first-order valence-corrected chi connectivity index (χ1v) is 7.09. The largest absolute Gasteiger partial charge is 0.376 e. The van der Waals surface area contributed by atoms with Crippen molar-refractivity contribution in [1.82, 2.24) is 5.32 Å². The van der Waals surface area contributed by atoms with Crippen LogP contribution in [0.4, 0.5) is 10.5 Å². The zero-order valence-corrected chi connectivity index (χ0v) is 11.1. The molecule has 4 nitrogen and oxygen atoms in total. The maximum Gasteiger partial charge on any atom is 0.319 e. The van der Waals surface area contributed by atoms with Crippen LogP contribution in [-0.2, 0) is 17.6 Å². The van der Waals surface area contributed by atoms with Gasteiger partial charge in [0, 0.05) is 18.8 Å². The monoisotopic (exact) mass is 260 g/mol. The Kier molecular flexibility index (Phi) is 3.69. The summed E-state index contributed by atoms with van der Waals surface area (Å²) >= 11 is 0. The Hall–Kier alpha value is -1.55. The number of aryl methyl sites for hydroxylation is 2. The van der Waals surface area contributed by atoms with E-state index in [-0.39, 0.29) is 12.1 Å². The number of urea groups is 1. The molecule has 1 aromatic rings. The predicted molar refractivity (Wildman–Crippen MR) is 74.5 cm³/mol. The zero-order valence-electron chi connectivity index (χ0n) is 11.1. The third kappa shape index (κ3) is 3.07. The van der Waals surface area contributed by atoms with E-state index in [2.05, 4.69) is 22.8 Å². The van der Waals surface area contributed by atoms with Gasteiger partial charge in [-0.3, -0.25) is 0 Å². The lowest BCUT2D eigenvalue weighted by Gasteiger charge is -2.12. The van der Waals surface area contributed by atoms with Crippen LogP contribution in [0.2, 0.25) is 0 Å². The number of fused-ring (bicyclic) bond motifs is 1. The Morgan fingerprint density at radius 3 is 3.00 bits per heavy atom. The summed E-state index contributed by atoms with van der Waals surface area (Å²) in [6, 6.07) is 6.05. The lowest BCUT2D eigenvalue weighted by molar-refractivity contribution is 0.112. The second kappa shape index (κ2) is 5.61. The minimum Gasteiger partial charge on any atom is -0.376 e. The van der Waals surface area contributed by atoms with Crippen molar-refractivity contribution in [1.29, 1.82) is 0 Å². The highest BCUT2D eigenvalue weighted by Gasteiger charge is 2.16. The lowest BCUT2D eigenvalue weighted by atomic mass is 10.1.